The number of ether oxygens (including phenoxy) is 2. The number of aromatic nitrogens is 2. The molecule has 3 aromatic rings. The van der Waals surface area contributed by atoms with Crippen LogP contribution in [0.4, 0.5) is 5.69 Å². The lowest BCUT2D eigenvalue weighted by Gasteiger charge is -2.12. The first-order chi connectivity index (χ1) is 13.5. The first kappa shape index (κ1) is 20.5. The van der Waals surface area contributed by atoms with Crippen LogP contribution in [-0.4, -0.2) is 36.1 Å². The third kappa shape index (κ3) is 4.98. The maximum atomic E-state index is 12.3. The summed E-state index contributed by atoms with van der Waals surface area (Å²) in [5.74, 6) is 1.08. The highest BCUT2D eigenvalue weighted by molar-refractivity contribution is 9.10. The minimum absolute atomic E-state index is 0.0763. The van der Waals surface area contributed by atoms with Crippen molar-refractivity contribution < 1.29 is 18.7 Å². The predicted molar refractivity (Wildman–Crippen MR) is 111 cm³/mol. The van der Waals surface area contributed by atoms with Crippen molar-refractivity contribution in [1.29, 1.82) is 0 Å². The molecule has 0 radical (unpaired) electrons. The van der Waals surface area contributed by atoms with Crippen LogP contribution in [0.15, 0.2) is 50.5 Å². The molecule has 0 bridgehead atoms. The fraction of sp³-hybridized carbons (Fsp3) is 0.167. The topological polar surface area (TPSA) is 86.5 Å². The number of nitrogens with one attached hydrogen (secondary N) is 1. The molecule has 1 amide bonds. The van der Waals surface area contributed by atoms with Crippen molar-refractivity contribution in [2.45, 2.75) is 5.22 Å². The smallest absolute Gasteiger partial charge is 0.277 e. The van der Waals surface area contributed by atoms with E-state index in [1.165, 1.54) is 14.2 Å². The van der Waals surface area contributed by atoms with E-state index in [4.69, 9.17) is 25.5 Å². The quantitative estimate of drug-likeness (QED) is 0.477. The van der Waals surface area contributed by atoms with Gasteiger partial charge in [-0.1, -0.05) is 45.4 Å². The molecule has 1 N–H and O–H groups in total. The molecule has 0 fully saturated rings. The molecular formula is C18H15BrClN3O4S. The average Bonchev–Trinajstić information content (AvgIpc) is 3.16. The second kappa shape index (κ2) is 9.31. The summed E-state index contributed by atoms with van der Waals surface area (Å²) in [6.07, 6.45) is 0. The summed E-state index contributed by atoms with van der Waals surface area (Å²) in [5, 5.41) is 11.4. The molecule has 0 unspecified atom stereocenters. The molecule has 1 aromatic heterocycles. The van der Waals surface area contributed by atoms with Gasteiger partial charge in [-0.15, -0.1) is 10.2 Å². The summed E-state index contributed by atoms with van der Waals surface area (Å²) < 4.78 is 16.9. The Balaban J connectivity index is 1.63. The van der Waals surface area contributed by atoms with Crippen LogP contribution in [0.2, 0.25) is 5.02 Å². The van der Waals surface area contributed by atoms with Gasteiger partial charge in [0, 0.05) is 16.1 Å². The Morgan fingerprint density at radius 3 is 2.71 bits per heavy atom. The number of hydrogen-bond donors (Lipinski definition) is 1. The van der Waals surface area contributed by atoms with Gasteiger partial charge in [0.05, 0.1) is 30.7 Å². The van der Waals surface area contributed by atoms with Crippen molar-refractivity contribution in [3.8, 4) is 23.0 Å². The molecule has 0 aliphatic rings. The summed E-state index contributed by atoms with van der Waals surface area (Å²) in [4.78, 5) is 12.3. The Labute approximate surface area is 178 Å². The lowest BCUT2D eigenvalue weighted by molar-refractivity contribution is -0.113. The number of carbonyl (C=O) groups excluding carboxylic acids is 1. The van der Waals surface area contributed by atoms with Crippen LogP contribution >= 0.6 is 39.3 Å². The van der Waals surface area contributed by atoms with Crippen molar-refractivity contribution in [1.82, 2.24) is 10.2 Å². The van der Waals surface area contributed by atoms with Gasteiger partial charge in [0.1, 0.15) is 11.5 Å². The minimum Gasteiger partial charge on any atom is -0.495 e. The standard InChI is InChI=1S/C18H15BrClN3O4S/c1-25-14-8-15(26-2)13(7-12(14)20)21-16(24)9-28-18-23-22-17(27-18)10-4-3-5-11(19)6-10/h3-8H,9H2,1-2H3,(H,21,24). The highest BCUT2D eigenvalue weighted by atomic mass is 79.9. The van der Waals surface area contributed by atoms with Crippen molar-refractivity contribution in [2.24, 2.45) is 0 Å². The van der Waals surface area contributed by atoms with E-state index in [1.54, 1.807) is 12.1 Å². The van der Waals surface area contributed by atoms with E-state index in [1.807, 2.05) is 24.3 Å². The molecule has 0 atom stereocenters. The molecule has 0 aliphatic carbocycles. The van der Waals surface area contributed by atoms with Gasteiger partial charge in [-0.05, 0) is 24.3 Å². The van der Waals surface area contributed by atoms with Crippen LogP contribution in [0.3, 0.4) is 0 Å². The normalized spacial score (nSPS) is 10.6. The molecule has 2 aromatic carbocycles. The number of hydrogen-bond acceptors (Lipinski definition) is 7. The van der Waals surface area contributed by atoms with Crippen molar-refractivity contribution in [3.05, 3.63) is 45.9 Å². The average molecular weight is 485 g/mol. The summed E-state index contributed by atoms with van der Waals surface area (Å²) >= 11 is 10.6. The van der Waals surface area contributed by atoms with E-state index in [2.05, 4.69) is 31.4 Å². The van der Waals surface area contributed by atoms with Crippen LogP contribution in [0.25, 0.3) is 11.5 Å². The molecule has 7 nitrogen and oxygen atoms in total. The van der Waals surface area contributed by atoms with Crippen LogP contribution in [0.5, 0.6) is 11.5 Å². The lowest BCUT2D eigenvalue weighted by Crippen LogP contribution is -2.14. The van der Waals surface area contributed by atoms with Gasteiger partial charge in [0.25, 0.3) is 5.22 Å². The Hall–Kier alpha value is -2.23. The molecular weight excluding hydrogens is 470 g/mol. The number of anilines is 1. The number of thioether (sulfide) groups is 1. The number of halogens is 2. The van der Waals surface area contributed by atoms with Gasteiger partial charge >= 0.3 is 0 Å². The van der Waals surface area contributed by atoms with E-state index in [9.17, 15) is 4.79 Å². The first-order valence-electron chi connectivity index (χ1n) is 7.93. The second-order valence-electron chi connectivity index (χ2n) is 5.41. The maximum Gasteiger partial charge on any atom is 0.277 e. The SMILES string of the molecule is COc1cc(OC)c(NC(=O)CSc2nnc(-c3cccc(Br)c3)o2)cc1Cl. The Kier molecular flexibility index (Phi) is 6.82. The first-order valence-corrected chi connectivity index (χ1v) is 10.1. The fourth-order valence-electron chi connectivity index (χ4n) is 2.28. The van der Waals surface area contributed by atoms with Crippen LogP contribution in [-0.2, 0) is 4.79 Å². The molecule has 0 spiro atoms. The van der Waals surface area contributed by atoms with E-state index >= 15 is 0 Å². The van der Waals surface area contributed by atoms with E-state index in [-0.39, 0.29) is 11.7 Å². The number of carbonyl (C=O) groups is 1. The molecule has 10 heteroatoms. The molecule has 0 saturated carbocycles. The zero-order valence-electron chi connectivity index (χ0n) is 14.9. The molecule has 3 rings (SSSR count). The second-order valence-corrected chi connectivity index (χ2v) is 7.66. The number of methoxy groups -OCH3 is 2. The highest BCUT2D eigenvalue weighted by Crippen LogP contribution is 2.36. The summed E-state index contributed by atoms with van der Waals surface area (Å²) in [7, 11) is 3.00. The van der Waals surface area contributed by atoms with E-state index in [0.29, 0.717) is 33.3 Å². The Bertz CT molecular complexity index is 999. The third-order valence-corrected chi connectivity index (χ3v) is 5.16. The van der Waals surface area contributed by atoms with Gasteiger partial charge in [-0.25, -0.2) is 0 Å². The van der Waals surface area contributed by atoms with Crippen molar-refractivity contribution in [2.75, 3.05) is 25.3 Å². The molecule has 0 aliphatic heterocycles. The van der Waals surface area contributed by atoms with Crippen molar-refractivity contribution in [3.63, 3.8) is 0 Å². The van der Waals surface area contributed by atoms with Gasteiger partial charge in [-0.2, -0.15) is 0 Å². The Morgan fingerprint density at radius 2 is 2.00 bits per heavy atom. The fourth-order valence-corrected chi connectivity index (χ4v) is 3.48. The van der Waals surface area contributed by atoms with E-state index in [0.717, 1.165) is 21.8 Å². The van der Waals surface area contributed by atoms with E-state index < -0.39 is 0 Å². The molecule has 0 saturated heterocycles. The van der Waals surface area contributed by atoms with Gasteiger partial charge < -0.3 is 19.2 Å². The number of benzene rings is 2. The summed E-state index contributed by atoms with van der Waals surface area (Å²) in [6.45, 7) is 0. The Morgan fingerprint density at radius 1 is 1.21 bits per heavy atom. The number of rotatable bonds is 7. The summed E-state index contributed by atoms with van der Waals surface area (Å²) in [5.41, 5.74) is 1.23. The highest BCUT2D eigenvalue weighted by Gasteiger charge is 2.15. The van der Waals surface area contributed by atoms with Crippen molar-refractivity contribution >= 4 is 50.9 Å². The maximum absolute atomic E-state index is 12.3. The zero-order valence-corrected chi connectivity index (χ0v) is 18.0. The van der Waals surface area contributed by atoms with Gasteiger partial charge in [0.2, 0.25) is 11.8 Å². The van der Waals surface area contributed by atoms with Crippen LogP contribution < -0.4 is 14.8 Å². The summed E-state index contributed by atoms with van der Waals surface area (Å²) in [6, 6.07) is 10.7. The monoisotopic (exact) mass is 483 g/mol. The largest absolute Gasteiger partial charge is 0.495 e. The third-order valence-electron chi connectivity index (χ3n) is 3.55. The number of amides is 1. The van der Waals surface area contributed by atoms with Crippen LogP contribution in [0.1, 0.15) is 0 Å². The zero-order chi connectivity index (χ0) is 20.1. The van der Waals surface area contributed by atoms with Gasteiger partial charge in [0.15, 0.2) is 0 Å². The van der Waals surface area contributed by atoms with Crippen LogP contribution in [0, 0.1) is 0 Å². The molecule has 28 heavy (non-hydrogen) atoms. The lowest BCUT2D eigenvalue weighted by atomic mass is 10.2. The van der Waals surface area contributed by atoms with Gasteiger partial charge in [-0.3, -0.25) is 4.79 Å². The minimum atomic E-state index is -0.272. The molecule has 1 heterocycles. The number of nitrogens with zero attached hydrogens (tertiary/aromatic N) is 2. The predicted octanol–water partition coefficient (Wildman–Crippen LogP) is 4.90. The molecule has 146 valence electrons.